The van der Waals surface area contributed by atoms with E-state index in [4.69, 9.17) is 0 Å². The van der Waals surface area contributed by atoms with Gasteiger partial charge in [0.1, 0.15) is 0 Å². The first-order chi connectivity index (χ1) is 2.39. The summed E-state index contributed by atoms with van der Waals surface area (Å²) >= 11 is 4.02. The fraction of sp³-hybridized carbons (Fsp3) is 1.00. The molecule has 0 aromatic carbocycles. The van der Waals surface area contributed by atoms with Crippen molar-refractivity contribution in [3.63, 3.8) is 0 Å². The molecule has 0 unspecified atom stereocenters. The molecule has 0 atom stereocenters. The minimum absolute atomic E-state index is 0. The van der Waals surface area contributed by atoms with E-state index in [0.717, 1.165) is 0 Å². The van der Waals surface area contributed by atoms with Crippen LogP contribution in [-0.4, -0.2) is 17.4 Å². The number of rotatable bonds is 0. The van der Waals surface area contributed by atoms with Crippen molar-refractivity contribution in [2.75, 3.05) is 13.1 Å². The fourth-order valence-corrected chi connectivity index (χ4v) is 0.582. The molecule has 0 N–H and O–H groups in total. The van der Waals surface area contributed by atoms with Crippen LogP contribution in [0.1, 0.15) is 6.42 Å². The van der Waals surface area contributed by atoms with Crippen molar-refractivity contribution in [2.45, 2.75) is 6.42 Å². The molecular formula is C3H8ClNS. The number of nitrogens with zero attached hydrogens (tertiary/aromatic N) is 1. The van der Waals surface area contributed by atoms with Crippen molar-refractivity contribution < 1.29 is 0 Å². The van der Waals surface area contributed by atoms with Gasteiger partial charge in [-0.25, -0.2) is 0 Å². The second-order valence-electron chi connectivity index (χ2n) is 1.31. The van der Waals surface area contributed by atoms with Gasteiger partial charge in [-0.1, -0.05) is 12.8 Å². The van der Waals surface area contributed by atoms with Gasteiger partial charge in [-0.2, -0.15) is 0 Å². The molecule has 1 aliphatic rings. The standard InChI is InChI=1S/C3H7NS.ClH/c5-4-2-1-3-4;/h5H,1-3H2;1H. The van der Waals surface area contributed by atoms with Gasteiger partial charge in [0.05, 0.1) is 0 Å². The molecule has 0 aliphatic carbocycles. The van der Waals surface area contributed by atoms with Crippen LogP contribution in [-0.2, 0) is 0 Å². The third kappa shape index (κ3) is 1.37. The van der Waals surface area contributed by atoms with Crippen LogP contribution in [0.15, 0.2) is 0 Å². The topological polar surface area (TPSA) is 3.24 Å². The Bertz CT molecular complexity index is 37.8. The predicted octanol–water partition coefficient (Wildman–Crippen LogP) is 0.959. The van der Waals surface area contributed by atoms with E-state index in [0.29, 0.717) is 0 Å². The van der Waals surface area contributed by atoms with E-state index in [1.807, 2.05) is 4.31 Å². The predicted molar refractivity (Wildman–Crippen MR) is 32.4 cm³/mol. The lowest BCUT2D eigenvalue weighted by atomic mass is 10.3. The molecule has 0 aromatic rings. The first kappa shape index (κ1) is 6.60. The van der Waals surface area contributed by atoms with Gasteiger partial charge < -0.3 is 0 Å². The number of hydrogen-bond donors (Lipinski definition) is 1. The quantitative estimate of drug-likeness (QED) is 0.472. The highest BCUT2D eigenvalue weighted by molar-refractivity contribution is 7.77. The summed E-state index contributed by atoms with van der Waals surface area (Å²) in [6, 6.07) is 0. The van der Waals surface area contributed by atoms with Gasteiger partial charge in [-0.3, -0.25) is 4.31 Å². The summed E-state index contributed by atoms with van der Waals surface area (Å²) in [5, 5.41) is 0. The normalized spacial score (nSPS) is 21.5. The summed E-state index contributed by atoms with van der Waals surface area (Å²) < 4.78 is 2.00. The molecule has 0 saturated carbocycles. The van der Waals surface area contributed by atoms with Crippen LogP contribution >= 0.6 is 25.2 Å². The Labute approximate surface area is 49.7 Å². The van der Waals surface area contributed by atoms with E-state index in [1.165, 1.54) is 19.5 Å². The largest absolute Gasteiger partial charge is 0.253 e. The third-order valence-corrected chi connectivity index (χ3v) is 1.23. The molecule has 38 valence electrons. The van der Waals surface area contributed by atoms with Crippen molar-refractivity contribution >= 4 is 25.2 Å². The Kier molecular flexibility index (Phi) is 2.99. The van der Waals surface area contributed by atoms with Crippen LogP contribution in [0.2, 0.25) is 0 Å². The smallest absolute Gasteiger partial charge is 0.00995 e. The van der Waals surface area contributed by atoms with E-state index >= 15 is 0 Å². The zero-order valence-corrected chi connectivity index (χ0v) is 5.13. The van der Waals surface area contributed by atoms with Crippen molar-refractivity contribution in [1.82, 2.24) is 4.31 Å². The molecule has 0 radical (unpaired) electrons. The van der Waals surface area contributed by atoms with E-state index in [1.54, 1.807) is 0 Å². The average molecular weight is 126 g/mol. The van der Waals surface area contributed by atoms with E-state index in [2.05, 4.69) is 12.8 Å². The summed E-state index contributed by atoms with van der Waals surface area (Å²) in [7, 11) is 0. The Balaban J connectivity index is 0.000000250. The summed E-state index contributed by atoms with van der Waals surface area (Å²) in [5.74, 6) is 0. The van der Waals surface area contributed by atoms with E-state index in [9.17, 15) is 0 Å². The van der Waals surface area contributed by atoms with Gasteiger partial charge in [-0.15, -0.1) is 12.4 Å². The first-order valence-corrected chi connectivity index (χ1v) is 2.23. The van der Waals surface area contributed by atoms with E-state index in [-0.39, 0.29) is 12.4 Å². The molecule has 0 spiro atoms. The van der Waals surface area contributed by atoms with Crippen molar-refractivity contribution in [1.29, 1.82) is 0 Å². The third-order valence-electron chi connectivity index (χ3n) is 0.832. The molecule has 6 heavy (non-hydrogen) atoms. The second-order valence-corrected chi connectivity index (χ2v) is 1.87. The van der Waals surface area contributed by atoms with Crippen LogP contribution in [0.3, 0.4) is 0 Å². The lowest BCUT2D eigenvalue weighted by Crippen LogP contribution is -2.27. The maximum absolute atomic E-state index is 4.02. The summed E-state index contributed by atoms with van der Waals surface area (Å²) in [6.07, 6.45) is 1.34. The molecule has 1 fully saturated rings. The lowest BCUT2D eigenvalue weighted by Gasteiger charge is -2.23. The minimum atomic E-state index is 0. The second kappa shape index (κ2) is 2.72. The molecule has 0 amide bonds. The summed E-state index contributed by atoms with van der Waals surface area (Å²) in [4.78, 5) is 0. The zero-order chi connectivity index (χ0) is 3.70. The van der Waals surface area contributed by atoms with Crippen molar-refractivity contribution in [3.8, 4) is 0 Å². The molecular weight excluding hydrogens is 118 g/mol. The summed E-state index contributed by atoms with van der Waals surface area (Å²) in [6.45, 7) is 2.37. The Morgan fingerprint density at radius 3 is 1.67 bits per heavy atom. The zero-order valence-electron chi connectivity index (χ0n) is 3.42. The number of halogens is 1. The highest BCUT2D eigenvalue weighted by Crippen LogP contribution is 2.05. The summed E-state index contributed by atoms with van der Waals surface area (Å²) in [5.41, 5.74) is 0. The molecule has 3 heteroatoms. The Morgan fingerprint density at radius 2 is 1.67 bits per heavy atom. The van der Waals surface area contributed by atoms with Crippen LogP contribution in [0.5, 0.6) is 0 Å². The number of hydrogen-bond acceptors (Lipinski definition) is 2. The molecule has 1 rings (SSSR count). The van der Waals surface area contributed by atoms with Gasteiger partial charge in [-0.05, 0) is 6.42 Å². The maximum atomic E-state index is 4.02. The molecule has 1 nitrogen and oxygen atoms in total. The van der Waals surface area contributed by atoms with Crippen LogP contribution in [0.4, 0.5) is 0 Å². The van der Waals surface area contributed by atoms with Crippen LogP contribution < -0.4 is 0 Å². The van der Waals surface area contributed by atoms with Gasteiger partial charge in [0.2, 0.25) is 0 Å². The van der Waals surface area contributed by atoms with E-state index < -0.39 is 0 Å². The lowest BCUT2D eigenvalue weighted by molar-refractivity contribution is 0.348. The monoisotopic (exact) mass is 125 g/mol. The highest BCUT2D eigenvalue weighted by atomic mass is 35.5. The van der Waals surface area contributed by atoms with Gasteiger partial charge >= 0.3 is 0 Å². The fourth-order valence-electron chi connectivity index (χ4n) is 0.300. The van der Waals surface area contributed by atoms with Crippen molar-refractivity contribution in [3.05, 3.63) is 0 Å². The Morgan fingerprint density at radius 1 is 1.33 bits per heavy atom. The minimum Gasteiger partial charge on any atom is -0.253 e. The molecule has 0 bridgehead atoms. The maximum Gasteiger partial charge on any atom is 0.00995 e. The van der Waals surface area contributed by atoms with Crippen LogP contribution in [0, 0.1) is 0 Å². The number of thiol groups is 1. The van der Waals surface area contributed by atoms with Crippen LogP contribution in [0.25, 0.3) is 0 Å². The average Bonchev–Trinajstić information content (AvgIpc) is 1.30. The molecule has 1 heterocycles. The van der Waals surface area contributed by atoms with Gasteiger partial charge in [0, 0.05) is 13.1 Å². The van der Waals surface area contributed by atoms with Crippen molar-refractivity contribution in [2.24, 2.45) is 0 Å². The SMILES string of the molecule is Cl.SN1CCC1. The van der Waals surface area contributed by atoms with Gasteiger partial charge in [0.15, 0.2) is 0 Å². The highest BCUT2D eigenvalue weighted by Gasteiger charge is 2.06. The molecule has 0 aromatic heterocycles. The Hall–Kier alpha value is 0.600. The first-order valence-electron chi connectivity index (χ1n) is 1.83. The molecule has 1 saturated heterocycles. The van der Waals surface area contributed by atoms with Gasteiger partial charge in [0.25, 0.3) is 0 Å². The molecule has 1 aliphatic heterocycles.